The van der Waals surface area contributed by atoms with Gasteiger partial charge in [0.1, 0.15) is 11.6 Å². The largest absolute Gasteiger partial charge is 0.366 e. The minimum atomic E-state index is -0.441. The molecule has 0 radical (unpaired) electrons. The molecular formula is C17H23F2N3O. The van der Waals surface area contributed by atoms with Gasteiger partial charge in [0.15, 0.2) is 0 Å². The maximum atomic E-state index is 13.8. The van der Waals surface area contributed by atoms with Crippen molar-refractivity contribution in [3.63, 3.8) is 0 Å². The Morgan fingerprint density at radius 2 is 1.96 bits per heavy atom. The predicted octanol–water partition coefficient (Wildman–Crippen LogP) is 2.00. The fourth-order valence-corrected chi connectivity index (χ4v) is 3.51. The summed E-state index contributed by atoms with van der Waals surface area (Å²) in [4.78, 5) is 16.3. The minimum absolute atomic E-state index is 0.0868. The zero-order valence-corrected chi connectivity index (χ0v) is 13.4. The highest BCUT2D eigenvalue weighted by Gasteiger charge is 2.30. The lowest BCUT2D eigenvalue weighted by atomic mass is 9.92. The lowest BCUT2D eigenvalue weighted by molar-refractivity contribution is -0.137. The van der Waals surface area contributed by atoms with Gasteiger partial charge in [0.05, 0.1) is 5.69 Å². The van der Waals surface area contributed by atoms with Gasteiger partial charge in [-0.3, -0.25) is 4.79 Å². The summed E-state index contributed by atoms with van der Waals surface area (Å²) >= 11 is 0. The van der Waals surface area contributed by atoms with Gasteiger partial charge in [-0.2, -0.15) is 0 Å². The molecule has 3 rings (SSSR count). The number of anilines is 1. The molecule has 2 aliphatic heterocycles. The summed E-state index contributed by atoms with van der Waals surface area (Å²) in [6, 6.07) is 3.87. The summed E-state index contributed by atoms with van der Waals surface area (Å²) in [5.74, 6) is -0.566. The van der Waals surface area contributed by atoms with E-state index in [1.807, 2.05) is 9.80 Å². The van der Waals surface area contributed by atoms with Gasteiger partial charge in [-0.05, 0) is 38.4 Å². The van der Waals surface area contributed by atoms with Crippen LogP contribution >= 0.6 is 0 Å². The van der Waals surface area contributed by atoms with Gasteiger partial charge in [0.25, 0.3) is 0 Å². The molecule has 2 saturated heterocycles. The summed E-state index contributed by atoms with van der Waals surface area (Å²) in [6.45, 7) is 5.18. The van der Waals surface area contributed by atoms with Gasteiger partial charge in [-0.1, -0.05) is 0 Å². The first-order valence-electron chi connectivity index (χ1n) is 8.27. The van der Waals surface area contributed by atoms with E-state index in [4.69, 9.17) is 0 Å². The number of halogens is 2. The number of amides is 1. The van der Waals surface area contributed by atoms with Crippen LogP contribution in [0.3, 0.4) is 0 Å². The molecule has 1 aromatic rings. The van der Waals surface area contributed by atoms with Crippen molar-refractivity contribution in [3.05, 3.63) is 29.8 Å². The average Bonchev–Trinajstić information content (AvgIpc) is 2.56. The van der Waals surface area contributed by atoms with Crippen LogP contribution in [0.1, 0.15) is 19.8 Å². The van der Waals surface area contributed by atoms with E-state index in [0.29, 0.717) is 32.2 Å². The van der Waals surface area contributed by atoms with Crippen LogP contribution in [-0.2, 0) is 4.79 Å². The molecule has 1 aromatic carbocycles. The lowest BCUT2D eigenvalue weighted by Gasteiger charge is -2.39. The van der Waals surface area contributed by atoms with Crippen LogP contribution < -0.4 is 10.2 Å². The minimum Gasteiger partial charge on any atom is -0.366 e. The normalized spacial score (nSPS) is 25.5. The second-order valence-corrected chi connectivity index (χ2v) is 6.48. The Morgan fingerprint density at radius 1 is 1.22 bits per heavy atom. The Hall–Kier alpha value is -1.69. The highest BCUT2D eigenvalue weighted by Crippen LogP contribution is 2.24. The Morgan fingerprint density at radius 3 is 2.65 bits per heavy atom. The number of carbonyl (C=O) groups excluding carboxylic acids is 1. The summed E-state index contributed by atoms with van der Waals surface area (Å²) in [7, 11) is 0. The number of piperazine rings is 1. The van der Waals surface area contributed by atoms with E-state index in [-0.39, 0.29) is 17.5 Å². The molecule has 2 aliphatic rings. The molecule has 0 aromatic heterocycles. The van der Waals surface area contributed by atoms with E-state index < -0.39 is 11.6 Å². The zero-order chi connectivity index (χ0) is 16.4. The van der Waals surface area contributed by atoms with Gasteiger partial charge >= 0.3 is 0 Å². The number of nitrogens with one attached hydrogen (secondary N) is 1. The summed E-state index contributed by atoms with van der Waals surface area (Å²) in [5, 5.41) is 3.35. The summed E-state index contributed by atoms with van der Waals surface area (Å²) < 4.78 is 27.2. The monoisotopic (exact) mass is 323 g/mol. The standard InChI is InChI=1S/C17H23F2N3O/c1-12-10-13(4-5-20-12)17(23)22-8-6-21(7-9-22)16-11-14(18)2-3-15(16)19/h2-3,11-13,20H,4-10H2,1H3/t12-,13-/m0/s1. The second-order valence-electron chi connectivity index (χ2n) is 6.48. The topological polar surface area (TPSA) is 35.6 Å². The average molecular weight is 323 g/mol. The van der Waals surface area contributed by atoms with Crippen molar-refractivity contribution in [2.45, 2.75) is 25.8 Å². The molecule has 0 unspecified atom stereocenters. The van der Waals surface area contributed by atoms with Crippen molar-refractivity contribution < 1.29 is 13.6 Å². The van der Waals surface area contributed by atoms with Crippen molar-refractivity contribution in [2.75, 3.05) is 37.6 Å². The van der Waals surface area contributed by atoms with Gasteiger partial charge in [0, 0.05) is 44.2 Å². The fourth-order valence-electron chi connectivity index (χ4n) is 3.51. The summed E-state index contributed by atoms with van der Waals surface area (Å²) in [5.41, 5.74) is 0.285. The van der Waals surface area contributed by atoms with Crippen molar-refractivity contribution in [1.29, 1.82) is 0 Å². The third-order valence-corrected chi connectivity index (χ3v) is 4.81. The molecule has 1 N–H and O–H groups in total. The third-order valence-electron chi connectivity index (χ3n) is 4.81. The molecular weight excluding hydrogens is 300 g/mol. The molecule has 6 heteroatoms. The number of piperidine rings is 1. The molecule has 4 nitrogen and oxygen atoms in total. The van der Waals surface area contributed by atoms with E-state index in [9.17, 15) is 13.6 Å². The van der Waals surface area contributed by atoms with Crippen molar-refractivity contribution >= 4 is 11.6 Å². The van der Waals surface area contributed by atoms with Crippen LogP contribution in [-0.4, -0.2) is 49.6 Å². The molecule has 2 atom stereocenters. The van der Waals surface area contributed by atoms with Crippen LogP contribution in [0.5, 0.6) is 0 Å². The van der Waals surface area contributed by atoms with Crippen molar-refractivity contribution in [2.24, 2.45) is 5.92 Å². The van der Waals surface area contributed by atoms with E-state index in [2.05, 4.69) is 12.2 Å². The maximum absolute atomic E-state index is 13.8. The number of benzene rings is 1. The third kappa shape index (κ3) is 3.63. The first-order chi connectivity index (χ1) is 11.0. The molecule has 23 heavy (non-hydrogen) atoms. The SMILES string of the molecule is C[C@H]1C[C@@H](C(=O)N2CCN(c3cc(F)ccc3F)CC2)CCN1. The molecule has 126 valence electrons. The van der Waals surface area contributed by atoms with Crippen LogP contribution in [0.2, 0.25) is 0 Å². The van der Waals surface area contributed by atoms with Crippen molar-refractivity contribution in [1.82, 2.24) is 10.2 Å². The molecule has 0 aliphatic carbocycles. The van der Waals surface area contributed by atoms with E-state index >= 15 is 0 Å². The Bertz CT molecular complexity index is 573. The van der Waals surface area contributed by atoms with Crippen LogP contribution in [0.4, 0.5) is 14.5 Å². The Labute approximate surface area is 135 Å². The molecule has 0 spiro atoms. The number of hydrogen-bond acceptors (Lipinski definition) is 3. The summed E-state index contributed by atoms with van der Waals surface area (Å²) in [6.07, 6.45) is 1.75. The van der Waals surface area contributed by atoms with Crippen LogP contribution in [0, 0.1) is 17.6 Å². The second kappa shape index (κ2) is 6.83. The van der Waals surface area contributed by atoms with Crippen LogP contribution in [0.25, 0.3) is 0 Å². The lowest BCUT2D eigenvalue weighted by Crippen LogP contribution is -2.52. The first kappa shape index (κ1) is 16.2. The molecule has 1 amide bonds. The molecule has 2 fully saturated rings. The van der Waals surface area contributed by atoms with Gasteiger partial charge < -0.3 is 15.1 Å². The zero-order valence-electron chi connectivity index (χ0n) is 13.4. The number of hydrogen-bond donors (Lipinski definition) is 1. The predicted molar refractivity (Wildman–Crippen MR) is 85.3 cm³/mol. The van der Waals surface area contributed by atoms with E-state index in [1.165, 1.54) is 6.07 Å². The van der Waals surface area contributed by atoms with E-state index in [0.717, 1.165) is 31.5 Å². The van der Waals surface area contributed by atoms with Gasteiger partial charge in [0.2, 0.25) is 5.91 Å². The highest BCUT2D eigenvalue weighted by atomic mass is 19.1. The van der Waals surface area contributed by atoms with E-state index in [1.54, 1.807) is 0 Å². The van der Waals surface area contributed by atoms with Crippen LogP contribution in [0.15, 0.2) is 18.2 Å². The van der Waals surface area contributed by atoms with Gasteiger partial charge in [-0.15, -0.1) is 0 Å². The first-order valence-corrected chi connectivity index (χ1v) is 8.27. The molecule has 0 saturated carbocycles. The molecule has 0 bridgehead atoms. The van der Waals surface area contributed by atoms with Gasteiger partial charge in [-0.25, -0.2) is 8.78 Å². The highest BCUT2D eigenvalue weighted by molar-refractivity contribution is 5.79. The maximum Gasteiger partial charge on any atom is 0.225 e. The quantitative estimate of drug-likeness (QED) is 0.904. The number of nitrogens with zero attached hydrogens (tertiary/aromatic N) is 2. The number of rotatable bonds is 2. The number of carbonyl (C=O) groups is 1. The Balaban J connectivity index is 1.59. The molecule has 2 heterocycles. The Kier molecular flexibility index (Phi) is 4.80. The van der Waals surface area contributed by atoms with Crippen molar-refractivity contribution in [3.8, 4) is 0 Å². The fraction of sp³-hybridized carbons (Fsp3) is 0.588. The smallest absolute Gasteiger partial charge is 0.225 e.